The minimum Gasteiger partial charge on any atom is -0.461 e. The molecule has 0 aliphatic heterocycles. The molecule has 0 radical (unpaired) electrons. The third-order valence-electron chi connectivity index (χ3n) is 2.99. The Balaban J connectivity index is 2.48. The Morgan fingerprint density at radius 1 is 1.35 bits per heavy atom. The second-order valence-corrected chi connectivity index (χ2v) is 6.02. The Hall–Kier alpha value is -1.82. The summed E-state index contributed by atoms with van der Waals surface area (Å²) in [4.78, 5) is 26.6. The quantitative estimate of drug-likeness (QED) is 0.813. The van der Waals surface area contributed by atoms with Crippen molar-refractivity contribution in [3.8, 4) is 0 Å². The fourth-order valence-electron chi connectivity index (χ4n) is 1.99. The van der Waals surface area contributed by atoms with Crippen LogP contribution in [0.2, 0.25) is 0 Å². The van der Waals surface area contributed by atoms with Crippen molar-refractivity contribution in [3.05, 3.63) is 22.7 Å². The molecule has 2 rings (SSSR count). The van der Waals surface area contributed by atoms with Crippen molar-refractivity contribution < 1.29 is 14.3 Å². The molecule has 0 spiro atoms. The summed E-state index contributed by atoms with van der Waals surface area (Å²) >= 11 is 1.60. The zero-order chi connectivity index (χ0) is 14.9. The number of ether oxygens (including phenoxy) is 1. The molecule has 0 bridgehead atoms. The molecule has 6 heteroatoms. The van der Waals surface area contributed by atoms with Crippen LogP contribution in [0.1, 0.15) is 22.3 Å². The molecule has 0 saturated heterocycles. The SMILES string of the molecule is CCOC(=O)c1cc2sc(C)cc2n1CC(=O)N(C)C. The summed E-state index contributed by atoms with van der Waals surface area (Å²) in [5, 5.41) is 0. The van der Waals surface area contributed by atoms with Crippen molar-refractivity contribution >= 4 is 33.4 Å². The predicted octanol–water partition coefficient (Wildman–Crippen LogP) is 2.28. The van der Waals surface area contributed by atoms with E-state index in [1.165, 1.54) is 4.90 Å². The first-order valence-corrected chi connectivity index (χ1v) is 7.22. The maximum atomic E-state index is 12.0. The fourth-order valence-corrected chi connectivity index (χ4v) is 2.95. The maximum absolute atomic E-state index is 12.0. The number of carbonyl (C=O) groups excluding carboxylic acids is 2. The van der Waals surface area contributed by atoms with Gasteiger partial charge in [-0.1, -0.05) is 0 Å². The number of hydrogen-bond acceptors (Lipinski definition) is 4. The van der Waals surface area contributed by atoms with Crippen molar-refractivity contribution in [2.24, 2.45) is 0 Å². The molecule has 1 amide bonds. The molecule has 0 atom stereocenters. The van der Waals surface area contributed by atoms with Crippen LogP contribution in [0.15, 0.2) is 12.1 Å². The van der Waals surface area contributed by atoms with Crippen LogP contribution in [-0.2, 0) is 16.1 Å². The van der Waals surface area contributed by atoms with Gasteiger partial charge in [0.2, 0.25) is 5.91 Å². The molecule has 20 heavy (non-hydrogen) atoms. The highest BCUT2D eigenvalue weighted by atomic mass is 32.1. The van der Waals surface area contributed by atoms with Gasteiger partial charge in [0.1, 0.15) is 12.2 Å². The summed E-state index contributed by atoms with van der Waals surface area (Å²) in [6.45, 7) is 4.23. The van der Waals surface area contributed by atoms with E-state index in [0.717, 1.165) is 15.1 Å². The Labute approximate surface area is 121 Å². The molecule has 0 N–H and O–H groups in total. The number of aryl methyl sites for hydroxylation is 1. The molecule has 0 aromatic carbocycles. The number of thiophene rings is 1. The molecular weight excluding hydrogens is 276 g/mol. The minimum absolute atomic E-state index is 0.0584. The summed E-state index contributed by atoms with van der Waals surface area (Å²) in [5.74, 6) is -0.447. The molecule has 2 heterocycles. The number of carbonyl (C=O) groups is 2. The summed E-state index contributed by atoms with van der Waals surface area (Å²) in [6.07, 6.45) is 0. The van der Waals surface area contributed by atoms with Gasteiger partial charge in [-0.15, -0.1) is 11.3 Å². The van der Waals surface area contributed by atoms with Crippen LogP contribution in [0.25, 0.3) is 10.2 Å². The lowest BCUT2D eigenvalue weighted by Crippen LogP contribution is -2.27. The van der Waals surface area contributed by atoms with Gasteiger partial charge in [-0.3, -0.25) is 4.79 Å². The average molecular weight is 294 g/mol. The van der Waals surface area contributed by atoms with Gasteiger partial charge in [-0.2, -0.15) is 0 Å². The van der Waals surface area contributed by atoms with Crippen LogP contribution in [0, 0.1) is 6.92 Å². The van der Waals surface area contributed by atoms with Crippen LogP contribution >= 0.6 is 11.3 Å². The number of aromatic nitrogens is 1. The van der Waals surface area contributed by atoms with Crippen molar-refractivity contribution in [1.29, 1.82) is 0 Å². The van der Waals surface area contributed by atoms with Crippen molar-refractivity contribution in [2.45, 2.75) is 20.4 Å². The Morgan fingerprint density at radius 3 is 2.65 bits per heavy atom. The monoisotopic (exact) mass is 294 g/mol. The van der Waals surface area contributed by atoms with E-state index >= 15 is 0 Å². The third kappa shape index (κ3) is 2.70. The van der Waals surface area contributed by atoms with Crippen LogP contribution in [0.4, 0.5) is 0 Å². The zero-order valence-corrected chi connectivity index (χ0v) is 12.9. The number of amides is 1. The standard InChI is InChI=1S/C14H18N2O3S/c1-5-19-14(18)11-7-12-10(6-9(2)20-12)16(11)8-13(17)15(3)4/h6-7H,5,8H2,1-4H3. The number of hydrogen-bond donors (Lipinski definition) is 0. The molecule has 5 nitrogen and oxygen atoms in total. The van der Waals surface area contributed by atoms with Crippen LogP contribution < -0.4 is 0 Å². The van der Waals surface area contributed by atoms with Crippen molar-refractivity contribution in [1.82, 2.24) is 9.47 Å². The van der Waals surface area contributed by atoms with E-state index in [4.69, 9.17) is 4.74 Å². The van der Waals surface area contributed by atoms with Gasteiger partial charge in [0.05, 0.1) is 16.8 Å². The summed E-state index contributed by atoms with van der Waals surface area (Å²) in [6, 6.07) is 3.79. The first-order valence-electron chi connectivity index (χ1n) is 6.41. The molecule has 0 fully saturated rings. The highest BCUT2D eigenvalue weighted by molar-refractivity contribution is 7.19. The van der Waals surface area contributed by atoms with Gasteiger partial charge in [-0.25, -0.2) is 4.79 Å². The van der Waals surface area contributed by atoms with Gasteiger partial charge >= 0.3 is 5.97 Å². The second kappa shape index (κ2) is 5.66. The average Bonchev–Trinajstić information content (AvgIpc) is 2.87. The van der Waals surface area contributed by atoms with Crippen LogP contribution in [0.3, 0.4) is 0 Å². The number of likely N-dealkylation sites (N-methyl/N-ethyl adjacent to an activating group) is 1. The molecular formula is C14H18N2O3S. The summed E-state index contributed by atoms with van der Waals surface area (Å²) < 4.78 is 7.79. The van der Waals surface area contributed by atoms with Gasteiger partial charge in [-0.05, 0) is 26.0 Å². The predicted molar refractivity (Wildman–Crippen MR) is 79.2 cm³/mol. The maximum Gasteiger partial charge on any atom is 0.355 e. The minimum atomic E-state index is -0.389. The first kappa shape index (κ1) is 14.6. The number of rotatable bonds is 4. The smallest absolute Gasteiger partial charge is 0.355 e. The second-order valence-electron chi connectivity index (χ2n) is 4.73. The van der Waals surface area contributed by atoms with Crippen molar-refractivity contribution in [2.75, 3.05) is 20.7 Å². The van der Waals surface area contributed by atoms with E-state index in [-0.39, 0.29) is 18.4 Å². The van der Waals surface area contributed by atoms with Gasteiger partial charge < -0.3 is 14.2 Å². The number of nitrogens with zero attached hydrogens (tertiary/aromatic N) is 2. The molecule has 0 saturated carbocycles. The lowest BCUT2D eigenvalue weighted by atomic mass is 10.4. The van der Waals surface area contributed by atoms with E-state index < -0.39 is 0 Å². The Morgan fingerprint density at radius 2 is 2.05 bits per heavy atom. The topological polar surface area (TPSA) is 51.5 Å². The lowest BCUT2D eigenvalue weighted by molar-refractivity contribution is -0.129. The highest BCUT2D eigenvalue weighted by Gasteiger charge is 2.20. The number of esters is 1. The van der Waals surface area contributed by atoms with E-state index in [0.29, 0.717) is 12.3 Å². The molecule has 2 aromatic rings. The van der Waals surface area contributed by atoms with E-state index in [9.17, 15) is 9.59 Å². The molecule has 108 valence electrons. The van der Waals surface area contributed by atoms with Gasteiger partial charge in [0, 0.05) is 19.0 Å². The first-order chi connectivity index (χ1) is 9.43. The lowest BCUT2D eigenvalue weighted by Gasteiger charge is -2.13. The van der Waals surface area contributed by atoms with E-state index in [1.54, 1.807) is 43.0 Å². The molecule has 0 aliphatic carbocycles. The Kier molecular flexibility index (Phi) is 4.13. The third-order valence-corrected chi connectivity index (χ3v) is 3.98. The largest absolute Gasteiger partial charge is 0.461 e. The zero-order valence-electron chi connectivity index (χ0n) is 12.1. The van der Waals surface area contributed by atoms with Crippen LogP contribution in [-0.4, -0.2) is 42.0 Å². The molecule has 0 unspecified atom stereocenters. The fraction of sp³-hybridized carbons (Fsp3) is 0.429. The summed E-state index contributed by atoms with van der Waals surface area (Å²) in [5.41, 5.74) is 1.34. The van der Waals surface area contributed by atoms with E-state index in [1.807, 2.05) is 13.0 Å². The van der Waals surface area contributed by atoms with Gasteiger partial charge in [0.15, 0.2) is 0 Å². The molecule has 2 aromatic heterocycles. The molecule has 0 aliphatic rings. The van der Waals surface area contributed by atoms with Gasteiger partial charge in [0.25, 0.3) is 0 Å². The Bertz CT molecular complexity index is 655. The summed E-state index contributed by atoms with van der Waals surface area (Å²) in [7, 11) is 3.40. The highest BCUT2D eigenvalue weighted by Crippen LogP contribution is 2.29. The van der Waals surface area contributed by atoms with E-state index in [2.05, 4.69) is 0 Å². The normalized spacial score (nSPS) is 10.8. The van der Waals surface area contributed by atoms with Crippen LogP contribution in [0.5, 0.6) is 0 Å². The number of fused-ring (bicyclic) bond motifs is 1. The van der Waals surface area contributed by atoms with Crippen molar-refractivity contribution in [3.63, 3.8) is 0 Å².